The van der Waals surface area contributed by atoms with Crippen molar-refractivity contribution in [2.45, 2.75) is 38.2 Å². The summed E-state index contributed by atoms with van der Waals surface area (Å²) in [5, 5.41) is 0. The van der Waals surface area contributed by atoms with Gasteiger partial charge in [-0.25, -0.2) is 0 Å². The molecule has 1 aliphatic carbocycles. The monoisotopic (exact) mass is 190 g/mol. The first-order valence-electron chi connectivity index (χ1n) is 5.29. The van der Waals surface area contributed by atoms with E-state index in [9.17, 15) is 0 Å². The fourth-order valence-corrected chi connectivity index (χ4v) is 1.77. The van der Waals surface area contributed by atoms with Crippen molar-refractivity contribution in [3.8, 4) is 0 Å². The summed E-state index contributed by atoms with van der Waals surface area (Å²) in [6.45, 7) is 4.41. The number of rotatable bonds is 3. The van der Waals surface area contributed by atoms with E-state index in [4.69, 9.17) is 4.74 Å². The standard InChI is InChI=1S/C13H18O/c1-10(14-3)11-4-6-12(7-5-11)13(2)8-9-13/h4-7,10H,8-9H2,1-3H3. The lowest BCUT2D eigenvalue weighted by Gasteiger charge is -2.13. The summed E-state index contributed by atoms with van der Waals surface area (Å²) in [6, 6.07) is 8.87. The number of benzene rings is 1. The fourth-order valence-electron chi connectivity index (χ4n) is 1.77. The molecule has 0 aliphatic heterocycles. The Morgan fingerprint density at radius 1 is 1.21 bits per heavy atom. The maximum atomic E-state index is 5.28. The molecule has 2 rings (SSSR count). The Bertz CT molecular complexity index is 309. The van der Waals surface area contributed by atoms with E-state index >= 15 is 0 Å². The molecule has 76 valence electrons. The summed E-state index contributed by atoms with van der Waals surface area (Å²) < 4.78 is 5.28. The minimum absolute atomic E-state index is 0.205. The summed E-state index contributed by atoms with van der Waals surface area (Å²) >= 11 is 0. The number of hydrogen-bond acceptors (Lipinski definition) is 1. The minimum Gasteiger partial charge on any atom is -0.377 e. The highest BCUT2D eigenvalue weighted by molar-refractivity contribution is 5.33. The molecule has 0 spiro atoms. The largest absolute Gasteiger partial charge is 0.377 e. The van der Waals surface area contributed by atoms with Crippen molar-refractivity contribution in [3.63, 3.8) is 0 Å². The molecule has 0 heterocycles. The molecule has 1 aromatic rings. The van der Waals surface area contributed by atoms with Gasteiger partial charge in [0.2, 0.25) is 0 Å². The summed E-state index contributed by atoms with van der Waals surface area (Å²) in [4.78, 5) is 0. The zero-order valence-corrected chi connectivity index (χ0v) is 9.21. The Morgan fingerprint density at radius 3 is 2.21 bits per heavy atom. The van der Waals surface area contributed by atoms with Crippen LogP contribution in [0.4, 0.5) is 0 Å². The van der Waals surface area contributed by atoms with E-state index in [0.29, 0.717) is 5.41 Å². The summed E-state index contributed by atoms with van der Waals surface area (Å²) in [7, 11) is 1.75. The average molecular weight is 190 g/mol. The molecular formula is C13H18O. The van der Waals surface area contributed by atoms with Crippen LogP contribution in [0.1, 0.15) is 43.9 Å². The second kappa shape index (κ2) is 3.39. The maximum absolute atomic E-state index is 5.28. The van der Waals surface area contributed by atoms with Gasteiger partial charge in [-0.3, -0.25) is 0 Å². The van der Waals surface area contributed by atoms with Crippen LogP contribution in [-0.2, 0) is 10.2 Å². The number of methoxy groups -OCH3 is 1. The Balaban J connectivity index is 2.18. The molecule has 1 saturated carbocycles. The number of hydrogen-bond donors (Lipinski definition) is 0. The lowest BCUT2D eigenvalue weighted by Crippen LogP contribution is -2.01. The van der Waals surface area contributed by atoms with Crippen molar-refractivity contribution in [2.24, 2.45) is 0 Å². The SMILES string of the molecule is COC(C)c1ccc(C2(C)CC2)cc1. The highest BCUT2D eigenvalue weighted by atomic mass is 16.5. The Hall–Kier alpha value is -0.820. The molecule has 1 fully saturated rings. The summed E-state index contributed by atoms with van der Waals surface area (Å²) in [6.07, 6.45) is 2.88. The molecule has 0 saturated heterocycles. The van der Waals surface area contributed by atoms with Crippen LogP contribution in [0, 0.1) is 0 Å². The van der Waals surface area contributed by atoms with Gasteiger partial charge in [-0.1, -0.05) is 31.2 Å². The van der Waals surface area contributed by atoms with Gasteiger partial charge in [0.15, 0.2) is 0 Å². The predicted molar refractivity (Wildman–Crippen MR) is 58.5 cm³/mol. The Labute approximate surface area is 86.1 Å². The summed E-state index contributed by atoms with van der Waals surface area (Å²) in [5.41, 5.74) is 3.22. The van der Waals surface area contributed by atoms with Crippen molar-refractivity contribution in [2.75, 3.05) is 7.11 Å². The average Bonchev–Trinajstić information content (AvgIpc) is 2.97. The van der Waals surface area contributed by atoms with E-state index in [1.54, 1.807) is 7.11 Å². The molecule has 1 aromatic carbocycles. The lowest BCUT2D eigenvalue weighted by atomic mass is 9.96. The molecule has 0 amide bonds. The van der Waals surface area contributed by atoms with Crippen molar-refractivity contribution >= 4 is 0 Å². The molecule has 0 bridgehead atoms. The van der Waals surface area contributed by atoms with E-state index < -0.39 is 0 Å². The third-order valence-corrected chi connectivity index (χ3v) is 3.43. The van der Waals surface area contributed by atoms with E-state index in [0.717, 1.165) is 0 Å². The van der Waals surface area contributed by atoms with Gasteiger partial charge in [-0.2, -0.15) is 0 Å². The second-order valence-corrected chi connectivity index (χ2v) is 4.56. The van der Waals surface area contributed by atoms with Gasteiger partial charge >= 0.3 is 0 Å². The quantitative estimate of drug-likeness (QED) is 0.709. The highest BCUT2D eigenvalue weighted by Crippen LogP contribution is 2.47. The normalized spacial score (nSPS) is 20.5. The van der Waals surface area contributed by atoms with Gasteiger partial charge in [-0.15, -0.1) is 0 Å². The van der Waals surface area contributed by atoms with Crippen LogP contribution < -0.4 is 0 Å². The zero-order valence-electron chi connectivity index (χ0n) is 9.21. The van der Waals surface area contributed by atoms with Crippen molar-refractivity contribution < 1.29 is 4.74 Å². The lowest BCUT2D eigenvalue weighted by molar-refractivity contribution is 0.119. The van der Waals surface area contributed by atoms with E-state index in [1.807, 2.05) is 0 Å². The van der Waals surface area contributed by atoms with Gasteiger partial charge in [0.1, 0.15) is 0 Å². The molecule has 1 nitrogen and oxygen atoms in total. The van der Waals surface area contributed by atoms with Crippen LogP contribution in [-0.4, -0.2) is 7.11 Å². The second-order valence-electron chi connectivity index (χ2n) is 4.56. The van der Waals surface area contributed by atoms with Gasteiger partial charge in [0, 0.05) is 7.11 Å². The molecule has 1 heteroatoms. The Morgan fingerprint density at radius 2 is 1.79 bits per heavy atom. The van der Waals surface area contributed by atoms with Crippen LogP contribution in [0.3, 0.4) is 0 Å². The topological polar surface area (TPSA) is 9.23 Å². The minimum atomic E-state index is 0.205. The molecule has 0 aromatic heterocycles. The number of ether oxygens (including phenoxy) is 1. The molecule has 1 atom stereocenters. The maximum Gasteiger partial charge on any atom is 0.0793 e. The van der Waals surface area contributed by atoms with Gasteiger partial charge in [0.05, 0.1) is 6.10 Å². The molecular weight excluding hydrogens is 172 g/mol. The summed E-state index contributed by atoms with van der Waals surface area (Å²) in [5.74, 6) is 0. The molecule has 14 heavy (non-hydrogen) atoms. The van der Waals surface area contributed by atoms with Crippen molar-refractivity contribution in [3.05, 3.63) is 35.4 Å². The van der Waals surface area contributed by atoms with Crippen LogP contribution in [0.15, 0.2) is 24.3 Å². The van der Waals surface area contributed by atoms with Crippen LogP contribution in [0.2, 0.25) is 0 Å². The predicted octanol–water partition coefficient (Wildman–Crippen LogP) is 3.45. The molecule has 1 unspecified atom stereocenters. The van der Waals surface area contributed by atoms with Crippen LogP contribution in [0.25, 0.3) is 0 Å². The molecule has 0 N–H and O–H groups in total. The van der Waals surface area contributed by atoms with Crippen LogP contribution >= 0.6 is 0 Å². The third-order valence-electron chi connectivity index (χ3n) is 3.43. The highest BCUT2D eigenvalue weighted by Gasteiger charge is 2.38. The van der Waals surface area contributed by atoms with Gasteiger partial charge < -0.3 is 4.74 Å². The smallest absolute Gasteiger partial charge is 0.0793 e. The van der Waals surface area contributed by atoms with E-state index in [2.05, 4.69) is 38.1 Å². The zero-order chi connectivity index (χ0) is 10.2. The molecule has 0 radical (unpaired) electrons. The van der Waals surface area contributed by atoms with Gasteiger partial charge in [-0.05, 0) is 36.3 Å². The van der Waals surface area contributed by atoms with E-state index in [1.165, 1.54) is 24.0 Å². The Kier molecular flexibility index (Phi) is 2.36. The first-order chi connectivity index (χ1) is 6.65. The van der Waals surface area contributed by atoms with Crippen molar-refractivity contribution in [1.82, 2.24) is 0 Å². The van der Waals surface area contributed by atoms with Gasteiger partial charge in [0.25, 0.3) is 0 Å². The molecule has 1 aliphatic rings. The van der Waals surface area contributed by atoms with Crippen molar-refractivity contribution in [1.29, 1.82) is 0 Å². The van der Waals surface area contributed by atoms with E-state index in [-0.39, 0.29) is 6.10 Å². The first kappa shape index (κ1) is 9.72. The van der Waals surface area contributed by atoms with Crippen LogP contribution in [0.5, 0.6) is 0 Å². The fraction of sp³-hybridized carbons (Fsp3) is 0.538. The third kappa shape index (κ3) is 1.69. The first-order valence-corrected chi connectivity index (χ1v) is 5.29.